The summed E-state index contributed by atoms with van der Waals surface area (Å²) in [7, 11) is 0. The first-order valence-electron chi connectivity index (χ1n) is 9.90. The minimum Gasteiger partial charge on any atom is -0.493 e. The Morgan fingerprint density at radius 2 is 1.91 bits per heavy atom. The van der Waals surface area contributed by atoms with E-state index in [4.69, 9.17) is 25.8 Å². The molecule has 172 valence electrons. The minimum absolute atomic E-state index is 0.0198. The highest BCUT2D eigenvalue weighted by Gasteiger charge is 2.42. The van der Waals surface area contributed by atoms with E-state index in [9.17, 15) is 22.8 Å². The molecule has 0 radical (unpaired) electrons. The van der Waals surface area contributed by atoms with Gasteiger partial charge in [0.05, 0.1) is 19.6 Å². The minimum atomic E-state index is -4.77. The maximum absolute atomic E-state index is 14.1. The van der Waals surface area contributed by atoms with Crippen LogP contribution in [0.1, 0.15) is 43.1 Å². The summed E-state index contributed by atoms with van der Waals surface area (Å²) in [6.45, 7) is 3.27. The Morgan fingerprint density at radius 3 is 2.56 bits per heavy atom. The zero-order valence-electron chi connectivity index (χ0n) is 17.3. The summed E-state index contributed by atoms with van der Waals surface area (Å²) in [6.07, 6.45) is -7.99. The lowest BCUT2D eigenvalue weighted by atomic mass is 9.94. The SMILES string of the molecule is CCOC(=O)C[C@H]1O[C@H](c2cccc(OCC)c2C(F)(F)F)c2cc(Cl)ccc2NC1=O. The number of ether oxygens (including phenoxy) is 3. The molecule has 0 unspecified atom stereocenters. The second-order valence-electron chi connectivity index (χ2n) is 6.89. The average Bonchev–Trinajstić information content (AvgIpc) is 2.84. The summed E-state index contributed by atoms with van der Waals surface area (Å²) in [4.78, 5) is 24.7. The van der Waals surface area contributed by atoms with Gasteiger partial charge in [-0.25, -0.2) is 0 Å². The fraction of sp³-hybridized carbons (Fsp3) is 0.364. The van der Waals surface area contributed by atoms with E-state index in [2.05, 4.69) is 5.32 Å². The molecule has 2 aromatic carbocycles. The Kier molecular flexibility index (Phi) is 7.30. The molecule has 2 aromatic rings. The first-order chi connectivity index (χ1) is 15.2. The second kappa shape index (κ2) is 9.79. The zero-order valence-corrected chi connectivity index (χ0v) is 18.0. The van der Waals surface area contributed by atoms with Gasteiger partial charge >= 0.3 is 12.1 Å². The maximum Gasteiger partial charge on any atom is 0.420 e. The standard InChI is InChI=1S/C22H21ClF3NO5/c1-3-30-16-7-5-6-13(19(16)22(24,25)26)20-14-10-12(23)8-9-15(14)27-21(29)17(32-20)11-18(28)31-4-2/h5-10,17,20H,3-4,11H2,1-2H3,(H,27,29)/t17-,20-/m1/s1. The molecule has 1 N–H and O–H groups in total. The van der Waals surface area contributed by atoms with Crippen molar-refractivity contribution in [2.24, 2.45) is 0 Å². The van der Waals surface area contributed by atoms with Gasteiger partial charge in [0.15, 0.2) is 0 Å². The summed E-state index contributed by atoms with van der Waals surface area (Å²) in [5, 5.41) is 2.84. The summed E-state index contributed by atoms with van der Waals surface area (Å²) in [6, 6.07) is 8.25. The lowest BCUT2D eigenvalue weighted by molar-refractivity contribution is -0.152. The Labute approximate surface area is 187 Å². The molecule has 1 amide bonds. The van der Waals surface area contributed by atoms with Crippen molar-refractivity contribution >= 4 is 29.2 Å². The van der Waals surface area contributed by atoms with Gasteiger partial charge in [-0.3, -0.25) is 9.59 Å². The molecule has 0 aromatic heterocycles. The number of esters is 1. The fourth-order valence-corrected chi connectivity index (χ4v) is 3.66. The molecule has 0 saturated carbocycles. The van der Waals surface area contributed by atoms with Gasteiger partial charge in [0.1, 0.15) is 23.5 Å². The van der Waals surface area contributed by atoms with Crippen LogP contribution >= 0.6 is 11.6 Å². The van der Waals surface area contributed by atoms with E-state index >= 15 is 0 Å². The number of amides is 1. The smallest absolute Gasteiger partial charge is 0.420 e. The number of fused-ring (bicyclic) bond motifs is 1. The molecule has 0 fully saturated rings. The van der Waals surface area contributed by atoms with Crippen molar-refractivity contribution in [3.05, 3.63) is 58.1 Å². The topological polar surface area (TPSA) is 73.9 Å². The Bertz CT molecular complexity index is 1010. The summed E-state index contributed by atoms with van der Waals surface area (Å²) >= 11 is 6.10. The molecular weight excluding hydrogens is 451 g/mol. The third kappa shape index (κ3) is 5.16. The number of benzene rings is 2. The summed E-state index contributed by atoms with van der Waals surface area (Å²) < 4.78 is 58.3. The Hall–Kier alpha value is -2.78. The first-order valence-corrected chi connectivity index (χ1v) is 10.3. The van der Waals surface area contributed by atoms with Crippen LogP contribution in [0.2, 0.25) is 5.02 Å². The molecular formula is C22H21ClF3NO5. The van der Waals surface area contributed by atoms with Crippen LogP contribution in [0.4, 0.5) is 18.9 Å². The average molecular weight is 472 g/mol. The molecule has 32 heavy (non-hydrogen) atoms. The molecule has 0 bridgehead atoms. The lowest BCUT2D eigenvalue weighted by Crippen LogP contribution is -2.32. The first kappa shape index (κ1) is 23.9. The molecule has 1 aliphatic rings. The van der Waals surface area contributed by atoms with Crippen molar-refractivity contribution in [1.82, 2.24) is 0 Å². The maximum atomic E-state index is 14.1. The van der Waals surface area contributed by atoms with Crippen LogP contribution in [-0.2, 0) is 25.2 Å². The van der Waals surface area contributed by atoms with Crippen molar-refractivity contribution in [2.45, 2.75) is 38.7 Å². The second-order valence-corrected chi connectivity index (χ2v) is 7.32. The van der Waals surface area contributed by atoms with Gasteiger partial charge in [-0.15, -0.1) is 0 Å². The van der Waals surface area contributed by atoms with E-state index in [-0.39, 0.29) is 40.8 Å². The van der Waals surface area contributed by atoms with Crippen LogP contribution in [0.15, 0.2) is 36.4 Å². The van der Waals surface area contributed by atoms with Crippen LogP contribution in [0.3, 0.4) is 0 Å². The number of carbonyl (C=O) groups excluding carboxylic acids is 2. The predicted molar refractivity (Wildman–Crippen MR) is 111 cm³/mol. The quantitative estimate of drug-likeness (QED) is 0.591. The number of halogens is 4. The van der Waals surface area contributed by atoms with E-state index in [0.29, 0.717) is 0 Å². The van der Waals surface area contributed by atoms with Crippen molar-refractivity contribution in [2.75, 3.05) is 18.5 Å². The lowest BCUT2D eigenvalue weighted by Gasteiger charge is -2.25. The van der Waals surface area contributed by atoms with Gasteiger partial charge in [-0.2, -0.15) is 13.2 Å². The van der Waals surface area contributed by atoms with Gasteiger partial charge in [-0.05, 0) is 38.1 Å². The van der Waals surface area contributed by atoms with Crippen molar-refractivity contribution in [3.63, 3.8) is 0 Å². The molecule has 0 saturated heterocycles. The highest BCUT2D eigenvalue weighted by atomic mass is 35.5. The number of anilines is 1. The third-order valence-corrected chi connectivity index (χ3v) is 4.96. The van der Waals surface area contributed by atoms with Gasteiger partial charge in [0.25, 0.3) is 5.91 Å². The Balaban J connectivity index is 2.18. The highest BCUT2D eigenvalue weighted by molar-refractivity contribution is 6.30. The molecule has 3 rings (SSSR count). The highest BCUT2D eigenvalue weighted by Crippen LogP contribution is 2.46. The van der Waals surface area contributed by atoms with E-state index in [0.717, 1.165) is 0 Å². The molecule has 1 aliphatic heterocycles. The number of hydrogen-bond acceptors (Lipinski definition) is 5. The Morgan fingerprint density at radius 1 is 1.16 bits per heavy atom. The molecule has 0 spiro atoms. The molecule has 2 atom stereocenters. The van der Waals surface area contributed by atoms with Gasteiger partial charge in [0.2, 0.25) is 0 Å². The van der Waals surface area contributed by atoms with Crippen LogP contribution in [0, 0.1) is 0 Å². The van der Waals surface area contributed by atoms with Crippen LogP contribution in [-0.4, -0.2) is 31.2 Å². The molecule has 10 heteroatoms. The number of rotatable bonds is 6. The monoisotopic (exact) mass is 471 g/mol. The molecule has 0 aliphatic carbocycles. The van der Waals surface area contributed by atoms with Crippen LogP contribution in [0.25, 0.3) is 0 Å². The predicted octanol–water partition coefficient (Wildman–Crippen LogP) is 5.14. The van der Waals surface area contributed by atoms with Crippen molar-refractivity contribution in [1.29, 1.82) is 0 Å². The normalized spacial score (nSPS) is 18.4. The van der Waals surface area contributed by atoms with Crippen LogP contribution < -0.4 is 10.1 Å². The number of alkyl halides is 3. The van der Waals surface area contributed by atoms with Crippen molar-refractivity contribution in [3.8, 4) is 5.75 Å². The number of carbonyl (C=O) groups is 2. The van der Waals surface area contributed by atoms with Gasteiger partial charge in [0, 0.05) is 21.8 Å². The molecule has 1 heterocycles. The van der Waals surface area contributed by atoms with Gasteiger partial charge in [-0.1, -0.05) is 23.7 Å². The summed E-state index contributed by atoms with van der Waals surface area (Å²) in [5.41, 5.74) is -0.846. The van der Waals surface area contributed by atoms with Gasteiger partial charge < -0.3 is 19.5 Å². The number of hydrogen-bond donors (Lipinski definition) is 1. The van der Waals surface area contributed by atoms with Crippen LogP contribution in [0.5, 0.6) is 5.75 Å². The van der Waals surface area contributed by atoms with Crippen molar-refractivity contribution < 1.29 is 37.0 Å². The largest absolute Gasteiger partial charge is 0.493 e. The molecule has 6 nitrogen and oxygen atoms in total. The summed E-state index contributed by atoms with van der Waals surface area (Å²) in [5.74, 6) is -1.76. The van der Waals surface area contributed by atoms with E-state index in [1.165, 1.54) is 36.4 Å². The third-order valence-electron chi connectivity index (χ3n) is 4.73. The zero-order chi connectivity index (χ0) is 23.5. The van der Waals surface area contributed by atoms with E-state index in [1.807, 2.05) is 0 Å². The fourth-order valence-electron chi connectivity index (χ4n) is 3.48. The van der Waals surface area contributed by atoms with E-state index in [1.54, 1.807) is 13.8 Å². The number of nitrogens with one attached hydrogen (secondary N) is 1. The van der Waals surface area contributed by atoms with E-state index < -0.39 is 42.2 Å².